The molecular formula is C17H17ClN4O2. The summed E-state index contributed by atoms with van der Waals surface area (Å²) in [6, 6.07) is 8.96. The lowest BCUT2D eigenvalue weighted by Crippen LogP contribution is -2.41. The predicted molar refractivity (Wildman–Crippen MR) is 93.9 cm³/mol. The summed E-state index contributed by atoms with van der Waals surface area (Å²) in [5.74, 6) is 0.390. The monoisotopic (exact) mass is 344 g/mol. The Bertz CT molecular complexity index is 993. The highest BCUT2D eigenvalue weighted by molar-refractivity contribution is 6.28. The molecule has 3 aromatic rings. The molecule has 124 valence electrons. The first-order valence-corrected chi connectivity index (χ1v) is 8.10. The maximum absolute atomic E-state index is 12.7. The smallest absolute Gasteiger partial charge is 0.287 e. The third kappa shape index (κ3) is 2.97. The molecule has 0 unspecified atom stereocenters. The van der Waals surface area contributed by atoms with Crippen LogP contribution in [-0.2, 0) is 6.54 Å². The Morgan fingerprint density at radius 3 is 2.50 bits per heavy atom. The lowest BCUT2D eigenvalue weighted by Gasteiger charge is -2.14. The fraction of sp³-hybridized carbons (Fsp3) is 0.294. The van der Waals surface area contributed by atoms with Gasteiger partial charge in [-0.3, -0.25) is 18.7 Å². The van der Waals surface area contributed by atoms with Crippen molar-refractivity contribution in [2.24, 2.45) is 5.92 Å². The first-order valence-electron chi connectivity index (χ1n) is 7.72. The van der Waals surface area contributed by atoms with E-state index in [0.717, 1.165) is 6.42 Å². The lowest BCUT2D eigenvalue weighted by molar-refractivity contribution is 0.511. The average Bonchev–Trinajstić information content (AvgIpc) is 2.56. The predicted octanol–water partition coefficient (Wildman–Crippen LogP) is 2.64. The van der Waals surface area contributed by atoms with Crippen LogP contribution in [-0.4, -0.2) is 19.1 Å². The normalized spacial score (nSPS) is 11.3. The molecule has 0 spiro atoms. The van der Waals surface area contributed by atoms with E-state index < -0.39 is 11.1 Å². The van der Waals surface area contributed by atoms with Crippen molar-refractivity contribution in [3.63, 3.8) is 0 Å². The van der Waals surface area contributed by atoms with Crippen molar-refractivity contribution in [2.45, 2.75) is 26.8 Å². The minimum atomic E-state index is -0.622. The first kappa shape index (κ1) is 16.4. The van der Waals surface area contributed by atoms with Crippen LogP contribution in [0.3, 0.4) is 0 Å². The Morgan fingerprint density at radius 2 is 1.83 bits per heavy atom. The molecule has 0 atom stereocenters. The quantitative estimate of drug-likeness (QED) is 0.539. The summed E-state index contributed by atoms with van der Waals surface area (Å²) < 4.78 is 2.73. The second-order valence-electron chi connectivity index (χ2n) is 5.96. The van der Waals surface area contributed by atoms with Gasteiger partial charge in [0.2, 0.25) is 5.28 Å². The minimum absolute atomic E-state index is 0.0402. The molecule has 1 aromatic carbocycles. The third-order valence-electron chi connectivity index (χ3n) is 3.79. The van der Waals surface area contributed by atoms with E-state index in [1.54, 1.807) is 24.3 Å². The Balaban J connectivity index is 2.36. The maximum Gasteiger partial charge on any atom is 0.321 e. The molecule has 0 amide bonds. The van der Waals surface area contributed by atoms with Crippen LogP contribution in [0.4, 0.5) is 0 Å². The van der Waals surface area contributed by atoms with E-state index in [9.17, 15) is 9.59 Å². The summed E-state index contributed by atoms with van der Waals surface area (Å²) in [4.78, 5) is 33.5. The van der Waals surface area contributed by atoms with Gasteiger partial charge in [0, 0.05) is 12.2 Å². The van der Waals surface area contributed by atoms with Crippen molar-refractivity contribution in [1.82, 2.24) is 19.1 Å². The number of para-hydroxylation sites is 1. The molecule has 0 saturated carbocycles. The molecular weight excluding hydrogens is 328 g/mol. The highest BCUT2D eigenvalue weighted by Gasteiger charge is 2.16. The Kier molecular flexibility index (Phi) is 4.49. The Labute approximate surface area is 143 Å². The van der Waals surface area contributed by atoms with Gasteiger partial charge in [0.05, 0.1) is 6.20 Å². The van der Waals surface area contributed by atoms with Crippen LogP contribution < -0.4 is 11.1 Å². The molecule has 0 aliphatic rings. The van der Waals surface area contributed by atoms with Crippen molar-refractivity contribution in [2.75, 3.05) is 0 Å². The maximum atomic E-state index is 12.7. The fourth-order valence-electron chi connectivity index (χ4n) is 2.55. The zero-order valence-corrected chi connectivity index (χ0v) is 14.2. The zero-order valence-electron chi connectivity index (χ0n) is 13.4. The molecule has 6 nitrogen and oxygen atoms in total. The van der Waals surface area contributed by atoms with Gasteiger partial charge < -0.3 is 0 Å². The molecule has 0 radical (unpaired) electrons. The molecule has 0 aliphatic heterocycles. The third-order valence-corrected chi connectivity index (χ3v) is 3.97. The molecule has 24 heavy (non-hydrogen) atoms. The van der Waals surface area contributed by atoms with Crippen molar-refractivity contribution < 1.29 is 0 Å². The molecule has 0 saturated heterocycles. The van der Waals surface area contributed by atoms with Gasteiger partial charge in [-0.25, -0.2) is 4.98 Å². The average molecular weight is 345 g/mol. The first-order chi connectivity index (χ1) is 11.5. The molecule has 7 heteroatoms. The lowest BCUT2D eigenvalue weighted by atomic mass is 10.1. The zero-order chi connectivity index (χ0) is 17.3. The second kappa shape index (κ2) is 6.57. The van der Waals surface area contributed by atoms with Crippen molar-refractivity contribution in [1.29, 1.82) is 0 Å². The number of benzene rings is 1. The SMILES string of the molecule is CC(C)CCn1c(=O)c(=O)n(-c2ccccc2)c2cnc(Cl)nc21. The largest absolute Gasteiger partial charge is 0.321 e. The highest BCUT2D eigenvalue weighted by Crippen LogP contribution is 2.15. The van der Waals surface area contributed by atoms with Crippen LogP contribution in [0.5, 0.6) is 0 Å². The molecule has 3 rings (SSSR count). The highest BCUT2D eigenvalue weighted by atomic mass is 35.5. The molecule has 0 N–H and O–H groups in total. The van der Waals surface area contributed by atoms with E-state index in [-0.39, 0.29) is 5.28 Å². The molecule has 0 fully saturated rings. The van der Waals surface area contributed by atoms with Gasteiger partial charge in [-0.15, -0.1) is 0 Å². The van der Waals surface area contributed by atoms with Gasteiger partial charge in [-0.2, -0.15) is 4.98 Å². The van der Waals surface area contributed by atoms with E-state index in [4.69, 9.17) is 11.6 Å². The van der Waals surface area contributed by atoms with Crippen LogP contribution >= 0.6 is 11.6 Å². The number of aryl methyl sites for hydroxylation is 1. The van der Waals surface area contributed by atoms with E-state index in [1.807, 2.05) is 6.07 Å². The molecule has 0 bridgehead atoms. The van der Waals surface area contributed by atoms with Crippen molar-refractivity contribution >= 4 is 22.8 Å². The van der Waals surface area contributed by atoms with Crippen molar-refractivity contribution in [3.05, 3.63) is 62.5 Å². The van der Waals surface area contributed by atoms with Crippen LogP contribution in [0.25, 0.3) is 16.9 Å². The van der Waals surface area contributed by atoms with E-state index in [2.05, 4.69) is 23.8 Å². The fourth-order valence-corrected chi connectivity index (χ4v) is 2.68. The van der Waals surface area contributed by atoms with E-state index >= 15 is 0 Å². The number of fused-ring (bicyclic) bond motifs is 1. The van der Waals surface area contributed by atoms with Gasteiger partial charge in [0.15, 0.2) is 5.65 Å². The molecule has 2 aromatic heterocycles. The van der Waals surface area contributed by atoms with Gasteiger partial charge in [-0.05, 0) is 36.1 Å². The second-order valence-corrected chi connectivity index (χ2v) is 6.30. The number of aromatic nitrogens is 4. The van der Waals surface area contributed by atoms with Crippen LogP contribution in [0.1, 0.15) is 20.3 Å². The van der Waals surface area contributed by atoms with Gasteiger partial charge in [0.25, 0.3) is 0 Å². The summed E-state index contributed by atoms with van der Waals surface area (Å²) in [7, 11) is 0. The van der Waals surface area contributed by atoms with E-state index in [1.165, 1.54) is 15.3 Å². The summed E-state index contributed by atoms with van der Waals surface area (Å²) in [6.45, 7) is 4.52. The molecule has 2 heterocycles. The van der Waals surface area contributed by atoms with Crippen molar-refractivity contribution in [3.8, 4) is 5.69 Å². The summed E-state index contributed by atoms with van der Waals surface area (Å²) in [5.41, 5.74) is 0.180. The Hall–Kier alpha value is -2.47. The summed E-state index contributed by atoms with van der Waals surface area (Å²) >= 11 is 5.92. The number of hydrogen-bond donors (Lipinski definition) is 0. The Morgan fingerprint density at radius 1 is 1.12 bits per heavy atom. The van der Waals surface area contributed by atoms with Crippen LogP contribution in [0.2, 0.25) is 5.28 Å². The standard InChI is InChI=1S/C17H17ClN4O2/c1-11(2)8-9-21-14-13(10-19-17(18)20-14)22(16(24)15(21)23)12-6-4-3-5-7-12/h3-7,10-11H,8-9H2,1-2H3. The molecule has 0 aliphatic carbocycles. The summed E-state index contributed by atoms with van der Waals surface area (Å²) in [6.07, 6.45) is 2.23. The number of hydrogen-bond acceptors (Lipinski definition) is 4. The number of halogens is 1. The van der Waals surface area contributed by atoms with E-state index in [0.29, 0.717) is 29.3 Å². The summed E-state index contributed by atoms with van der Waals surface area (Å²) in [5, 5.41) is 0.0402. The van der Waals surface area contributed by atoms with Crippen LogP contribution in [0, 0.1) is 5.92 Å². The van der Waals surface area contributed by atoms with Gasteiger partial charge in [-0.1, -0.05) is 32.0 Å². The van der Waals surface area contributed by atoms with Gasteiger partial charge >= 0.3 is 11.1 Å². The topological polar surface area (TPSA) is 69.8 Å². The van der Waals surface area contributed by atoms with Crippen LogP contribution in [0.15, 0.2) is 46.1 Å². The minimum Gasteiger partial charge on any atom is -0.287 e. The number of nitrogens with zero attached hydrogens (tertiary/aromatic N) is 4. The number of rotatable bonds is 4. The van der Waals surface area contributed by atoms with Gasteiger partial charge in [0.1, 0.15) is 5.52 Å².